The van der Waals surface area contributed by atoms with E-state index in [1.54, 1.807) is 0 Å². The normalized spacial score (nSPS) is 26.7. The van der Waals surface area contributed by atoms with Gasteiger partial charge in [-0.3, -0.25) is 4.79 Å². The molecule has 0 aromatic rings. The predicted molar refractivity (Wildman–Crippen MR) is 61.6 cm³/mol. The quantitative estimate of drug-likeness (QED) is 0.732. The molecule has 0 saturated heterocycles. The Bertz CT molecular complexity index is 218. The number of nitrogens with two attached hydrogens (primary N) is 1. The molecule has 1 saturated carbocycles. The van der Waals surface area contributed by atoms with Crippen LogP contribution in [-0.2, 0) is 4.79 Å². The fourth-order valence-electron chi connectivity index (χ4n) is 2.47. The van der Waals surface area contributed by atoms with Crippen molar-refractivity contribution in [1.82, 2.24) is 9.80 Å². The maximum absolute atomic E-state index is 11.6. The number of amides is 1. The van der Waals surface area contributed by atoms with Crippen LogP contribution in [-0.4, -0.2) is 55.5 Å². The lowest BCUT2D eigenvalue weighted by atomic mass is 9.88. The Labute approximate surface area is 92.4 Å². The van der Waals surface area contributed by atoms with Crippen LogP contribution < -0.4 is 5.73 Å². The second-order valence-electron chi connectivity index (χ2n) is 4.59. The van der Waals surface area contributed by atoms with Gasteiger partial charge in [-0.2, -0.15) is 0 Å². The molecule has 1 aliphatic rings. The van der Waals surface area contributed by atoms with Gasteiger partial charge in [0.05, 0.1) is 6.54 Å². The van der Waals surface area contributed by atoms with E-state index in [1.165, 1.54) is 19.3 Å². The molecule has 0 bridgehead atoms. The summed E-state index contributed by atoms with van der Waals surface area (Å²) in [5, 5.41) is 0. The molecule has 4 nitrogen and oxygen atoms in total. The van der Waals surface area contributed by atoms with Crippen LogP contribution in [0, 0.1) is 0 Å². The number of rotatable bonds is 3. The molecule has 1 aliphatic carbocycles. The summed E-state index contributed by atoms with van der Waals surface area (Å²) in [7, 11) is 6.05. The molecule has 0 spiro atoms. The molecule has 0 unspecified atom stereocenters. The third kappa shape index (κ3) is 2.92. The first kappa shape index (κ1) is 12.5. The van der Waals surface area contributed by atoms with E-state index < -0.39 is 0 Å². The highest BCUT2D eigenvalue weighted by Crippen LogP contribution is 2.25. The van der Waals surface area contributed by atoms with Crippen molar-refractivity contribution in [3.63, 3.8) is 0 Å². The summed E-state index contributed by atoms with van der Waals surface area (Å²) in [6.45, 7) is 0.118. The number of hydrogen-bond acceptors (Lipinski definition) is 3. The second-order valence-corrected chi connectivity index (χ2v) is 4.59. The van der Waals surface area contributed by atoms with Crippen molar-refractivity contribution in [2.75, 3.05) is 27.7 Å². The number of likely N-dealkylation sites (N-methyl/N-ethyl adjacent to an activating group) is 2. The lowest BCUT2D eigenvalue weighted by molar-refractivity contribution is -0.132. The van der Waals surface area contributed by atoms with E-state index in [0.717, 1.165) is 6.42 Å². The number of carbonyl (C=O) groups is 1. The maximum atomic E-state index is 11.6. The van der Waals surface area contributed by atoms with E-state index in [1.807, 2.05) is 11.9 Å². The van der Waals surface area contributed by atoms with Crippen LogP contribution in [0.3, 0.4) is 0 Å². The first-order valence-corrected chi connectivity index (χ1v) is 5.70. The minimum atomic E-state index is 0.0498. The van der Waals surface area contributed by atoms with Crippen molar-refractivity contribution in [2.24, 2.45) is 5.73 Å². The van der Waals surface area contributed by atoms with Gasteiger partial charge in [0, 0.05) is 19.1 Å². The smallest absolute Gasteiger partial charge is 0.236 e. The molecule has 4 heteroatoms. The maximum Gasteiger partial charge on any atom is 0.236 e. The molecular weight excluding hydrogens is 190 g/mol. The molecule has 0 radical (unpaired) electrons. The summed E-state index contributed by atoms with van der Waals surface area (Å²) in [6, 6.07) is 0.823. The average Bonchev–Trinajstić information content (AvgIpc) is 2.27. The zero-order chi connectivity index (χ0) is 11.4. The summed E-state index contributed by atoms with van der Waals surface area (Å²) in [5.41, 5.74) is 5.40. The van der Waals surface area contributed by atoms with Crippen molar-refractivity contribution < 1.29 is 4.79 Å². The minimum Gasteiger partial charge on any atom is -0.340 e. The molecule has 1 rings (SSSR count). The summed E-state index contributed by atoms with van der Waals surface area (Å²) in [4.78, 5) is 15.6. The van der Waals surface area contributed by atoms with Crippen molar-refractivity contribution in [2.45, 2.75) is 37.8 Å². The van der Waals surface area contributed by atoms with Gasteiger partial charge in [0.15, 0.2) is 0 Å². The third-order valence-electron chi connectivity index (χ3n) is 3.42. The lowest BCUT2D eigenvalue weighted by Crippen LogP contribution is -2.52. The van der Waals surface area contributed by atoms with Crippen molar-refractivity contribution in [3.8, 4) is 0 Å². The van der Waals surface area contributed by atoms with Crippen LogP contribution >= 0.6 is 0 Å². The van der Waals surface area contributed by atoms with Gasteiger partial charge < -0.3 is 15.5 Å². The molecule has 2 atom stereocenters. The topological polar surface area (TPSA) is 49.6 Å². The van der Waals surface area contributed by atoms with Gasteiger partial charge in [-0.05, 0) is 26.9 Å². The van der Waals surface area contributed by atoms with E-state index in [0.29, 0.717) is 12.1 Å². The monoisotopic (exact) mass is 213 g/mol. The second kappa shape index (κ2) is 5.47. The van der Waals surface area contributed by atoms with E-state index in [9.17, 15) is 4.79 Å². The fraction of sp³-hybridized carbons (Fsp3) is 0.909. The molecule has 0 aromatic carbocycles. The highest BCUT2D eigenvalue weighted by molar-refractivity contribution is 5.78. The lowest BCUT2D eigenvalue weighted by Gasteiger charge is -2.41. The predicted octanol–water partition coefficient (Wildman–Crippen LogP) is 0.276. The zero-order valence-electron chi connectivity index (χ0n) is 10.1. The summed E-state index contributed by atoms with van der Waals surface area (Å²) in [6.07, 6.45) is 4.77. The number of carbonyl (C=O) groups excluding carboxylic acids is 1. The summed E-state index contributed by atoms with van der Waals surface area (Å²) >= 11 is 0. The van der Waals surface area contributed by atoms with Crippen LogP contribution in [0.4, 0.5) is 0 Å². The SMILES string of the molecule is CN(C)[C@@H]1CCCC[C@@H]1N(C)C(=O)CN. The Kier molecular flexibility index (Phi) is 4.54. The van der Waals surface area contributed by atoms with Crippen LogP contribution in [0.1, 0.15) is 25.7 Å². The van der Waals surface area contributed by atoms with Gasteiger partial charge in [0.2, 0.25) is 5.91 Å². The molecule has 2 N–H and O–H groups in total. The van der Waals surface area contributed by atoms with E-state index in [4.69, 9.17) is 5.73 Å². The number of nitrogens with zero attached hydrogens (tertiary/aromatic N) is 2. The fourth-order valence-corrected chi connectivity index (χ4v) is 2.47. The highest BCUT2D eigenvalue weighted by Gasteiger charge is 2.31. The summed E-state index contributed by atoms with van der Waals surface area (Å²) < 4.78 is 0. The Balaban J connectivity index is 2.67. The van der Waals surface area contributed by atoms with Gasteiger partial charge in [0.1, 0.15) is 0 Å². The van der Waals surface area contributed by atoms with Gasteiger partial charge in [-0.25, -0.2) is 0 Å². The Hall–Kier alpha value is -0.610. The first-order chi connectivity index (χ1) is 7.07. The molecule has 15 heavy (non-hydrogen) atoms. The molecule has 1 amide bonds. The van der Waals surface area contributed by atoms with E-state index in [-0.39, 0.29) is 12.5 Å². The molecule has 0 heterocycles. The van der Waals surface area contributed by atoms with Crippen molar-refractivity contribution in [3.05, 3.63) is 0 Å². The van der Waals surface area contributed by atoms with Gasteiger partial charge in [-0.1, -0.05) is 12.8 Å². The summed E-state index contributed by atoms with van der Waals surface area (Å²) in [5.74, 6) is 0.0498. The standard InChI is InChI=1S/C11H23N3O/c1-13(2)9-6-4-5-7-10(9)14(3)11(15)8-12/h9-10H,4-8,12H2,1-3H3/t9-,10+/m1/s1. The zero-order valence-corrected chi connectivity index (χ0v) is 10.1. The largest absolute Gasteiger partial charge is 0.340 e. The van der Waals surface area contributed by atoms with Gasteiger partial charge in [0.25, 0.3) is 0 Å². The Morgan fingerprint density at radius 1 is 1.20 bits per heavy atom. The van der Waals surface area contributed by atoms with Crippen LogP contribution in [0.5, 0.6) is 0 Å². The van der Waals surface area contributed by atoms with Crippen molar-refractivity contribution >= 4 is 5.91 Å². The Morgan fingerprint density at radius 3 is 2.20 bits per heavy atom. The molecule has 0 aliphatic heterocycles. The van der Waals surface area contributed by atoms with Crippen LogP contribution in [0.2, 0.25) is 0 Å². The molecule has 0 aromatic heterocycles. The van der Waals surface area contributed by atoms with Gasteiger partial charge >= 0.3 is 0 Å². The average molecular weight is 213 g/mol. The third-order valence-corrected chi connectivity index (χ3v) is 3.42. The highest BCUT2D eigenvalue weighted by atomic mass is 16.2. The Morgan fingerprint density at radius 2 is 1.73 bits per heavy atom. The van der Waals surface area contributed by atoms with E-state index in [2.05, 4.69) is 19.0 Å². The van der Waals surface area contributed by atoms with Crippen molar-refractivity contribution in [1.29, 1.82) is 0 Å². The van der Waals surface area contributed by atoms with Gasteiger partial charge in [-0.15, -0.1) is 0 Å². The molecular formula is C11H23N3O. The molecule has 88 valence electrons. The number of hydrogen-bond donors (Lipinski definition) is 1. The minimum absolute atomic E-state index is 0.0498. The van der Waals surface area contributed by atoms with Crippen LogP contribution in [0.15, 0.2) is 0 Å². The first-order valence-electron chi connectivity index (χ1n) is 5.70. The van der Waals surface area contributed by atoms with E-state index >= 15 is 0 Å². The molecule has 1 fully saturated rings. The van der Waals surface area contributed by atoms with Crippen LogP contribution in [0.25, 0.3) is 0 Å².